The molecule has 9 heteroatoms. The van der Waals surface area contributed by atoms with Crippen LogP contribution in [0.4, 0.5) is 4.39 Å². The Kier molecular flexibility index (Phi) is 2.58. The number of hydrogen-bond acceptors (Lipinski definition) is 6. The van der Waals surface area contributed by atoms with Gasteiger partial charge in [-0.3, -0.25) is 4.40 Å². The van der Waals surface area contributed by atoms with E-state index in [9.17, 15) is 14.7 Å². The molecule has 3 heterocycles. The molecule has 0 aliphatic heterocycles. The topological polar surface area (TPSA) is 103 Å². The highest BCUT2D eigenvalue weighted by Crippen LogP contribution is 2.44. The third-order valence-corrected chi connectivity index (χ3v) is 4.61. The zero-order valence-corrected chi connectivity index (χ0v) is 13.1. The van der Waals surface area contributed by atoms with Crippen LogP contribution < -0.4 is 4.73 Å². The summed E-state index contributed by atoms with van der Waals surface area (Å²) in [5.74, 6) is -0.288. The van der Waals surface area contributed by atoms with Crippen molar-refractivity contribution in [2.45, 2.75) is 25.4 Å². The molecule has 0 atom stereocenters. The Morgan fingerprint density at radius 2 is 2.20 bits per heavy atom. The molecule has 5 rings (SSSR count). The molecule has 25 heavy (non-hydrogen) atoms. The number of benzene rings is 1. The molecule has 0 saturated heterocycles. The number of imidazole rings is 1. The fourth-order valence-corrected chi connectivity index (χ4v) is 3.05. The maximum Gasteiger partial charge on any atom is 0.279 e. The van der Waals surface area contributed by atoms with E-state index in [0.717, 1.165) is 0 Å². The minimum atomic E-state index is -1.03. The Labute approximate surface area is 139 Å². The standard InChI is InChI=1S/C16H12FN5O3/c1-8-12-11(14-19-15(20-25-14)16(23)5-6-16)18-7-21(12)10-4-2-3-9(17)13(10)22(8)24/h2-4,7,23H,5-6H2,1H3. The molecule has 1 aliphatic rings. The number of aliphatic hydroxyl groups is 1. The van der Waals surface area contributed by atoms with Gasteiger partial charge >= 0.3 is 0 Å². The number of hydrogen-bond donors (Lipinski definition) is 1. The van der Waals surface area contributed by atoms with Gasteiger partial charge in [-0.1, -0.05) is 11.2 Å². The first-order chi connectivity index (χ1) is 12.0. The van der Waals surface area contributed by atoms with E-state index < -0.39 is 11.4 Å². The minimum absolute atomic E-state index is 0.0602. The molecule has 1 saturated carbocycles. The van der Waals surface area contributed by atoms with Crippen LogP contribution in [0.2, 0.25) is 0 Å². The van der Waals surface area contributed by atoms with Gasteiger partial charge in [0.1, 0.15) is 23.0 Å². The summed E-state index contributed by atoms with van der Waals surface area (Å²) in [6.07, 6.45) is 2.65. The van der Waals surface area contributed by atoms with Crippen molar-refractivity contribution >= 4 is 16.6 Å². The number of halogens is 1. The Morgan fingerprint density at radius 1 is 1.40 bits per heavy atom. The van der Waals surface area contributed by atoms with Crippen molar-refractivity contribution < 1.29 is 18.8 Å². The Hall–Kier alpha value is -3.07. The van der Waals surface area contributed by atoms with Crippen LogP contribution in [0.25, 0.3) is 28.1 Å². The first-order valence-electron chi connectivity index (χ1n) is 7.74. The molecular formula is C16H12FN5O3. The zero-order chi connectivity index (χ0) is 17.3. The van der Waals surface area contributed by atoms with Gasteiger partial charge in [0.25, 0.3) is 11.4 Å². The second kappa shape index (κ2) is 4.51. The van der Waals surface area contributed by atoms with Crippen molar-refractivity contribution in [2.75, 3.05) is 0 Å². The van der Waals surface area contributed by atoms with Crippen LogP contribution in [0.5, 0.6) is 0 Å². The van der Waals surface area contributed by atoms with E-state index in [1.165, 1.54) is 18.5 Å². The molecule has 4 aromatic rings. The molecule has 3 aromatic heterocycles. The molecular weight excluding hydrogens is 329 g/mol. The van der Waals surface area contributed by atoms with Crippen molar-refractivity contribution in [3.63, 3.8) is 0 Å². The van der Waals surface area contributed by atoms with Gasteiger partial charge in [0.15, 0.2) is 11.5 Å². The van der Waals surface area contributed by atoms with Crippen molar-refractivity contribution in [1.29, 1.82) is 0 Å². The van der Waals surface area contributed by atoms with Gasteiger partial charge in [0.05, 0.1) is 0 Å². The maximum absolute atomic E-state index is 14.1. The van der Waals surface area contributed by atoms with E-state index in [4.69, 9.17) is 4.52 Å². The zero-order valence-electron chi connectivity index (χ0n) is 13.1. The molecule has 8 nitrogen and oxygen atoms in total. The lowest BCUT2D eigenvalue weighted by Gasteiger charge is -2.08. The first-order valence-corrected chi connectivity index (χ1v) is 7.74. The number of nitrogens with zero attached hydrogens (tertiary/aromatic N) is 5. The lowest BCUT2D eigenvalue weighted by atomic mass is 10.2. The van der Waals surface area contributed by atoms with Crippen LogP contribution >= 0.6 is 0 Å². The summed E-state index contributed by atoms with van der Waals surface area (Å²) in [5.41, 5.74) is 0.322. The minimum Gasteiger partial charge on any atom is -0.618 e. The predicted molar refractivity (Wildman–Crippen MR) is 82.8 cm³/mol. The lowest BCUT2D eigenvalue weighted by Crippen LogP contribution is -2.33. The maximum atomic E-state index is 14.1. The highest BCUT2D eigenvalue weighted by atomic mass is 19.1. The lowest BCUT2D eigenvalue weighted by molar-refractivity contribution is -0.584. The summed E-state index contributed by atoms with van der Waals surface area (Å²) in [7, 11) is 0. The third kappa shape index (κ3) is 1.84. The van der Waals surface area contributed by atoms with Crippen LogP contribution in [-0.2, 0) is 5.60 Å². The number of para-hydroxylation sites is 1. The summed E-state index contributed by atoms with van der Waals surface area (Å²) in [6, 6.07) is 4.40. The molecule has 1 fully saturated rings. The van der Waals surface area contributed by atoms with Gasteiger partial charge in [-0.15, -0.1) is 0 Å². The van der Waals surface area contributed by atoms with E-state index in [-0.39, 0.29) is 22.9 Å². The molecule has 1 aromatic carbocycles. The average molecular weight is 341 g/mol. The van der Waals surface area contributed by atoms with Crippen molar-refractivity contribution in [1.82, 2.24) is 19.5 Å². The number of aromatic nitrogens is 5. The van der Waals surface area contributed by atoms with Crippen LogP contribution in [0, 0.1) is 17.9 Å². The molecule has 0 unspecified atom stereocenters. The number of rotatable bonds is 2. The van der Waals surface area contributed by atoms with Crippen LogP contribution in [0.3, 0.4) is 0 Å². The van der Waals surface area contributed by atoms with Crippen LogP contribution in [-0.4, -0.2) is 24.6 Å². The highest BCUT2D eigenvalue weighted by Gasteiger charge is 2.47. The molecule has 0 bridgehead atoms. The van der Waals surface area contributed by atoms with E-state index >= 15 is 0 Å². The van der Waals surface area contributed by atoms with E-state index in [1.807, 2.05) is 0 Å². The largest absolute Gasteiger partial charge is 0.618 e. The SMILES string of the molecule is Cc1c2c(-c3nc(C4(O)CC4)no3)ncn2c2cccc(F)c2[n+]1[O-]. The predicted octanol–water partition coefficient (Wildman–Crippen LogP) is 1.60. The fourth-order valence-electron chi connectivity index (χ4n) is 3.05. The van der Waals surface area contributed by atoms with E-state index in [1.54, 1.807) is 17.4 Å². The van der Waals surface area contributed by atoms with Gasteiger partial charge < -0.3 is 14.8 Å². The quantitative estimate of drug-likeness (QED) is 0.439. The number of aryl methyl sites for hydroxylation is 1. The van der Waals surface area contributed by atoms with Crippen LogP contribution in [0.15, 0.2) is 29.0 Å². The Bertz CT molecular complexity index is 1160. The highest BCUT2D eigenvalue weighted by molar-refractivity contribution is 5.82. The van der Waals surface area contributed by atoms with Gasteiger partial charge in [-0.2, -0.15) is 14.1 Å². The second-order valence-electron chi connectivity index (χ2n) is 6.25. The number of fused-ring (bicyclic) bond motifs is 3. The molecule has 126 valence electrons. The second-order valence-corrected chi connectivity index (χ2v) is 6.25. The smallest absolute Gasteiger partial charge is 0.279 e. The molecule has 0 amide bonds. The normalized spacial score (nSPS) is 16.0. The van der Waals surface area contributed by atoms with Crippen molar-refractivity contribution in [3.8, 4) is 11.6 Å². The van der Waals surface area contributed by atoms with Gasteiger partial charge in [0.2, 0.25) is 11.5 Å². The Morgan fingerprint density at radius 3 is 2.96 bits per heavy atom. The summed E-state index contributed by atoms with van der Waals surface area (Å²) >= 11 is 0. The van der Waals surface area contributed by atoms with Gasteiger partial charge in [-0.25, -0.2) is 4.98 Å². The molecule has 0 spiro atoms. The first kappa shape index (κ1) is 14.3. The fraction of sp³-hybridized carbons (Fsp3) is 0.250. The summed E-state index contributed by atoms with van der Waals surface area (Å²) in [5, 5.41) is 26.4. The monoisotopic (exact) mass is 341 g/mol. The van der Waals surface area contributed by atoms with Crippen molar-refractivity contribution in [3.05, 3.63) is 47.1 Å². The van der Waals surface area contributed by atoms with Gasteiger partial charge in [-0.05, 0) is 25.0 Å². The summed E-state index contributed by atoms with van der Waals surface area (Å²) < 4.78 is 21.5. The molecule has 1 aliphatic carbocycles. The van der Waals surface area contributed by atoms with E-state index in [0.29, 0.717) is 34.3 Å². The average Bonchev–Trinajstić information content (AvgIpc) is 3.04. The third-order valence-electron chi connectivity index (χ3n) is 4.61. The van der Waals surface area contributed by atoms with E-state index in [2.05, 4.69) is 15.1 Å². The van der Waals surface area contributed by atoms with Crippen LogP contribution in [0.1, 0.15) is 24.4 Å². The van der Waals surface area contributed by atoms with Crippen molar-refractivity contribution in [2.24, 2.45) is 0 Å². The summed E-state index contributed by atoms with van der Waals surface area (Å²) in [6.45, 7) is 1.57. The Balaban J connectivity index is 1.81. The van der Waals surface area contributed by atoms with Gasteiger partial charge in [0, 0.05) is 6.92 Å². The molecule has 0 radical (unpaired) electrons. The molecule has 1 N–H and O–H groups in total. The summed E-state index contributed by atoms with van der Waals surface area (Å²) in [4.78, 5) is 8.49.